The first kappa shape index (κ1) is 14.5. The number of hydrogen-bond acceptors (Lipinski definition) is 4. The number of aromatic nitrogens is 1. The smallest absolute Gasteiger partial charge is 0.251 e. The van der Waals surface area contributed by atoms with Crippen molar-refractivity contribution in [2.45, 2.75) is 32.9 Å². The quantitative estimate of drug-likeness (QED) is 0.886. The van der Waals surface area contributed by atoms with Crippen LogP contribution in [0.5, 0.6) is 0 Å². The molecule has 5 heteroatoms. The minimum absolute atomic E-state index is 0.0421. The van der Waals surface area contributed by atoms with Crippen molar-refractivity contribution < 1.29 is 4.79 Å². The number of anilines is 1. The molecule has 4 nitrogen and oxygen atoms in total. The van der Waals surface area contributed by atoms with Crippen molar-refractivity contribution in [3.8, 4) is 0 Å². The maximum atomic E-state index is 11.8. The Hall–Kier alpha value is -1.88. The van der Waals surface area contributed by atoms with E-state index < -0.39 is 0 Å². The summed E-state index contributed by atoms with van der Waals surface area (Å²) in [5, 5.41) is 9.25. The summed E-state index contributed by atoms with van der Waals surface area (Å²) in [7, 11) is 0. The monoisotopic (exact) mass is 289 g/mol. The SMILES string of the molecule is CC(C)NC(=O)c1ccc(NC(C)c2nccs2)cc1. The van der Waals surface area contributed by atoms with Gasteiger partial charge in [-0.15, -0.1) is 11.3 Å². The number of thiazole rings is 1. The molecular formula is C15H19N3OS. The van der Waals surface area contributed by atoms with Crippen molar-refractivity contribution >= 4 is 22.9 Å². The topological polar surface area (TPSA) is 54.0 Å². The fourth-order valence-electron chi connectivity index (χ4n) is 1.82. The molecule has 1 unspecified atom stereocenters. The molecule has 0 spiro atoms. The Bertz CT molecular complexity index is 549. The summed E-state index contributed by atoms with van der Waals surface area (Å²) in [6, 6.07) is 7.79. The molecule has 2 rings (SSSR count). The first-order valence-electron chi connectivity index (χ1n) is 6.63. The van der Waals surface area contributed by atoms with E-state index in [-0.39, 0.29) is 18.0 Å². The molecule has 1 aromatic carbocycles. The summed E-state index contributed by atoms with van der Waals surface area (Å²) in [6.07, 6.45) is 1.80. The fourth-order valence-corrected chi connectivity index (χ4v) is 2.47. The molecule has 0 bridgehead atoms. The molecule has 20 heavy (non-hydrogen) atoms. The Balaban J connectivity index is 1.99. The Kier molecular flexibility index (Phi) is 4.74. The maximum absolute atomic E-state index is 11.8. The van der Waals surface area contributed by atoms with Crippen LogP contribution in [-0.4, -0.2) is 16.9 Å². The third-order valence-corrected chi connectivity index (χ3v) is 3.73. The minimum atomic E-state index is -0.0421. The van der Waals surface area contributed by atoms with Crippen LogP contribution in [0.2, 0.25) is 0 Å². The molecule has 2 N–H and O–H groups in total. The zero-order chi connectivity index (χ0) is 14.5. The molecular weight excluding hydrogens is 270 g/mol. The van der Waals surface area contributed by atoms with Gasteiger partial charge in [0.2, 0.25) is 0 Å². The molecule has 1 aromatic heterocycles. The van der Waals surface area contributed by atoms with Crippen molar-refractivity contribution in [2.24, 2.45) is 0 Å². The maximum Gasteiger partial charge on any atom is 0.251 e. The normalized spacial score (nSPS) is 12.2. The number of hydrogen-bond donors (Lipinski definition) is 2. The number of nitrogens with one attached hydrogen (secondary N) is 2. The summed E-state index contributed by atoms with van der Waals surface area (Å²) in [5.41, 5.74) is 1.65. The van der Waals surface area contributed by atoms with Crippen molar-refractivity contribution in [3.05, 3.63) is 46.4 Å². The standard InChI is InChI=1S/C15H19N3OS/c1-10(2)17-14(19)12-4-6-13(7-5-12)18-11(3)15-16-8-9-20-15/h4-11,18H,1-3H3,(H,17,19). The highest BCUT2D eigenvalue weighted by Gasteiger charge is 2.09. The molecule has 0 fully saturated rings. The first-order chi connectivity index (χ1) is 9.56. The fraction of sp³-hybridized carbons (Fsp3) is 0.333. The molecule has 1 heterocycles. The van der Waals surface area contributed by atoms with Crippen LogP contribution in [-0.2, 0) is 0 Å². The predicted octanol–water partition coefficient (Wildman–Crippen LogP) is 3.45. The van der Waals surface area contributed by atoms with Crippen molar-refractivity contribution in [1.82, 2.24) is 10.3 Å². The first-order valence-corrected chi connectivity index (χ1v) is 7.51. The molecule has 1 amide bonds. The average molecular weight is 289 g/mol. The minimum Gasteiger partial charge on any atom is -0.376 e. The lowest BCUT2D eigenvalue weighted by atomic mass is 10.1. The molecule has 106 valence electrons. The van der Waals surface area contributed by atoms with Gasteiger partial charge in [-0.05, 0) is 45.0 Å². The Labute approximate surface area is 123 Å². The molecule has 1 atom stereocenters. The van der Waals surface area contributed by atoms with Gasteiger partial charge < -0.3 is 10.6 Å². The van der Waals surface area contributed by atoms with E-state index in [2.05, 4.69) is 22.5 Å². The predicted molar refractivity (Wildman–Crippen MR) is 83.2 cm³/mol. The summed E-state index contributed by atoms with van der Waals surface area (Å²) in [4.78, 5) is 16.1. The van der Waals surface area contributed by atoms with E-state index in [1.165, 1.54) is 0 Å². The van der Waals surface area contributed by atoms with Crippen LogP contribution >= 0.6 is 11.3 Å². The second kappa shape index (κ2) is 6.52. The molecule has 0 saturated heterocycles. The summed E-state index contributed by atoms with van der Waals surface area (Å²) in [5.74, 6) is -0.0421. The lowest BCUT2D eigenvalue weighted by Gasteiger charge is -2.13. The Morgan fingerprint density at radius 2 is 1.90 bits per heavy atom. The van der Waals surface area contributed by atoms with Crippen molar-refractivity contribution in [2.75, 3.05) is 5.32 Å². The zero-order valence-corrected chi connectivity index (χ0v) is 12.7. The largest absolute Gasteiger partial charge is 0.376 e. The summed E-state index contributed by atoms with van der Waals surface area (Å²) < 4.78 is 0. The van der Waals surface area contributed by atoms with E-state index >= 15 is 0 Å². The van der Waals surface area contributed by atoms with Gasteiger partial charge in [0.1, 0.15) is 5.01 Å². The average Bonchev–Trinajstić information content (AvgIpc) is 2.92. The van der Waals surface area contributed by atoms with Crippen LogP contribution in [0, 0.1) is 0 Å². The number of carbonyl (C=O) groups excluding carboxylic acids is 1. The lowest BCUT2D eigenvalue weighted by Crippen LogP contribution is -2.29. The number of nitrogens with zero attached hydrogens (tertiary/aromatic N) is 1. The van der Waals surface area contributed by atoms with Crippen LogP contribution in [0.1, 0.15) is 42.2 Å². The van der Waals surface area contributed by atoms with Gasteiger partial charge in [0.25, 0.3) is 5.91 Å². The van der Waals surface area contributed by atoms with Gasteiger partial charge >= 0.3 is 0 Å². The van der Waals surface area contributed by atoms with Crippen LogP contribution in [0.15, 0.2) is 35.8 Å². The van der Waals surface area contributed by atoms with Gasteiger partial charge in [0.05, 0.1) is 6.04 Å². The van der Waals surface area contributed by atoms with E-state index in [0.29, 0.717) is 5.56 Å². The number of benzene rings is 1. The Morgan fingerprint density at radius 3 is 2.45 bits per heavy atom. The van der Waals surface area contributed by atoms with Gasteiger partial charge in [0.15, 0.2) is 0 Å². The molecule has 2 aromatic rings. The van der Waals surface area contributed by atoms with Gasteiger partial charge in [-0.1, -0.05) is 0 Å². The highest BCUT2D eigenvalue weighted by molar-refractivity contribution is 7.09. The van der Waals surface area contributed by atoms with E-state index in [0.717, 1.165) is 10.7 Å². The Morgan fingerprint density at radius 1 is 1.20 bits per heavy atom. The third kappa shape index (κ3) is 3.81. The molecule has 0 saturated carbocycles. The van der Waals surface area contributed by atoms with Crippen molar-refractivity contribution in [3.63, 3.8) is 0 Å². The van der Waals surface area contributed by atoms with E-state index in [9.17, 15) is 4.79 Å². The zero-order valence-electron chi connectivity index (χ0n) is 11.9. The van der Waals surface area contributed by atoms with Crippen LogP contribution in [0.3, 0.4) is 0 Å². The molecule has 0 aliphatic carbocycles. The van der Waals surface area contributed by atoms with Gasteiger partial charge in [-0.25, -0.2) is 4.98 Å². The second-order valence-corrected chi connectivity index (χ2v) is 5.87. The summed E-state index contributed by atoms with van der Waals surface area (Å²) in [6.45, 7) is 5.96. The van der Waals surface area contributed by atoms with Crippen LogP contribution < -0.4 is 10.6 Å². The highest BCUT2D eigenvalue weighted by Crippen LogP contribution is 2.21. The van der Waals surface area contributed by atoms with Crippen LogP contribution in [0.4, 0.5) is 5.69 Å². The van der Waals surface area contributed by atoms with Gasteiger partial charge in [0, 0.05) is 28.9 Å². The highest BCUT2D eigenvalue weighted by atomic mass is 32.1. The number of amides is 1. The summed E-state index contributed by atoms with van der Waals surface area (Å²) >= 11 is 1.63. The third-order valence-electron chi connectivity index (χ3n) is 2.77. The lowest BCUT2D eigenvalue weighted by molar-refractivity contribution is 0.0943. The number of rotatable bonds is 5. The number of carbonyl (C=O) groups is 1. The van der Waals surface area contributed by atoms with E-state index in [1.807, 2.05) is 43.5 Å². The van der Waals surface area contributed by atoms with Crippen molar-refractivity contribution in [1.29, 1.82) is 0 Å². The molecule has 0 radical (unpaired) electrons. The van der Waals surface area contributed by atoms with Gasteiger partial charge in [-0.2, -0.15) is 0 Å². The van der Waals surface area contributed by atoms with Crippen LogP contribution in [0.25, 0.3) is 0 Å². The second-order valence-electron chi connectivity index (χ2n) is 4.94. The van der Waals surface area contributed by atoms with E-state index in [1.54, 1.807) is 17.5 Å². The van der Waals surface area contributed by atoms with E-state index in [4.69, 9.17) is 0 Å². The molecule has 0 aliphatic heterocycles. The van der Waals surface area contributed by atoms with Gasteiger partial charge in [-0.3, -0.25) is 4.79 Å². The molecule has 0 aliphatic rings.